The highest BCUT2D eigenvalue weighted by molar-refractivity contribution is 7.99. The van der Waals surface area contributed by atoms with Crippen LogP contribution in [0.3, 0.4) is 0 Å². The van der Waals surface area contributed by atoms with E-state index in [4.69, 9.17) is 4.74 Å². The average Bonchev–Trinajstić information content (AvgIpc) is 3.10. The van der Waals surface area contributed by atoms with Crippen molar-refractivity contribution in [3.05, 3.63) is 42.5 Å². The molecule has 1 aliphatic heterocycles. The maximum absolute atomic E-state index is 11.3. The summed E-state index contributed by atoms with van der Waals surface area (Å²) < 4.78 is 9.99. The Kier molecular flexibility index (Phi) is 5.17. The molecule has 1 amide bonds. The number of hydrogen-bond donors (Lipinski definition) is 2. The number of nitrogens with zero attached hydrogens (tertiary/aromatic N) is 2. The molecule has 27 heavy (non-hydrogen) atoms. The molecule has 0 atom stereocenters. The van der Waals surface area contributed by atoms with Gasteiger partial charge in [-0.3, -0.25) is 5.32 Å². The number of rotatable bonds is 4. The van der Waals surface area contributed by atoms with Gasteiger partial charge in [0.1, 0.15) is 0 Å². The summed E-state index contributed by atoms with van der Waals surface area (Å²) in [4.78, 5) is 23.3. The average molecular weight is 384 g/mol. The predicted molar refractivity (Wildman–Crippen MR) is 106 cm³/mol. The van der Waals surface area contributed by atoms with Crippen molar-refractivity contribution in [3.8, 4) is 0 Å². The summed E-state index contributed by atoms with van der Waals surface area (Å²) in [6.45, 7) is 3.44. The van der Waals surface area contributed by atoms with Crippen LogP contribution >= 0.6 is 11.8 Å². The number of hydrogen-bond acceptors (Lipinski definition) is 6. The van der Waals surface area contributed by atoms with Crippen molar-refractivity contribution in [2.45, 2.75) is 9.79 Å². The molecule has 4 rings (SSSR count). The number of imidazole rings is 1. The maximum Gasteiger partial charge on any atom is 0.413 e. The van der Waals surface area contributed by atoms with Gasteiger partial charge in [0.25, 0.3) is 0 Å². The Morgan fingerprint density at radius 2 is 1.93 bits per heavy atom. The molecule has 3 aromatic rings. The zero-order valence-corrected chi connectivity index (χ0v) is 15.7. The highest BCUT2D eigenvalue weighted by atomic mass is 32.2. The molecular formula is C19H20N4O3S. The summed E-state index contributed by atoms with van der Waals surface area (Å²) in [6, 6.07) is 14.5. The number of anilines is 2. The summed E-state index contributed by atoms with van der Waals surface area (Å²) in [5, 5.41) is 2.54. The van der Waals surface area contributed by atoms with Gasteiger partial charge in [0.2, 0.25) is 5.95 Å². The summed E-state index contributed by atoms with van der Waals surface area (Å²) >= 11 is 1.68. The smallest absolute Gasteiger partial charge is 0.413 e. The Hall–Kier alpha value is -2.71. The topological polar surface area (TPSA) is 79.5 Å². The molecule has 1 aliphatic rings. The van der Waals surface area contributed by atoms with E-state index < -0.39 is 6.09 Å². The molecule has 0 spiro atoms. The van der Waals surface area contributed by atoms with E-state index in [0.717, 1.165) is 42.2 Å². The van der Waals surface area contributed by atoms with Gasteiger partial charge in [0, 0.05) is 28.6 Å². The van der Waals surface area contributed by atoms with Crippen LogP contribution in [0.2, 0.25) is 0 Å². The van der Waals surface area contributed by atoms with Crippen molar-refractivity contribution in [2.75, 3.05) is 43.6 Å². The van der Waals surface area contributed by atoms with Gasteiger partial charge in [0.15, 0.2) is 0 Å². The second kappa shape index (κ2) is 7.89. The number of nitrogens with one attached hydrogen (secondary N) is 2. The Balaban J connectivity index is 1.46. The van der Waals surface area contributed by atoms with Crippen LogP contribution in [0.25, 0.3) is 11.0 Å². The van der Waals surface area contributed by atoms with Gasteiger partial charge in [-0.15, -0.1) is 0 Å². The van der Waals surface area contributed by atoms with Crippen LogP contribution in [-0.2, 0) is 9.47 Å². The van der Waals surface area contributed by atoms with Crippen molar-refractivity contribution < 1.29 is 14.3 Å². The van der Waals surface area contributed by atoms with Crippen LogP contribution in [0.15, 0.2) is 52.3 Å². The lowest BCUT2D eigenvalue weighted by Gasteiger charge is -2.28. The van der Waals surface area contributed by atoms with Crippen molar-refractivity contribution in [3.63, 3.8) is 0 Å². The normalized spacial score (nSPS) is 14.3. The van der Waals surface area contributed by atoms with Crippen LogP contribution in [-0.4, -0.2) is 49.5 Å². The van der Waals surface area contributed by atoms with Crippen LogP contribution in [0.5, 0.6) is 0 Å². The third kappa shape index (κ3) is 4.17. The lowest BCUT2D eigenvalue weighted by molar-refractivity contribution is 0.122. The van der Waals surface area contributed by atoms with Crippen molar-refractivity contribution >= 4 is 40.5 Å². The van der Waals surface area contributed by atoms with E-state index in [0.29, 0.717) is 5.95 Å². The summed E-state index contributed by atoms with van der Waals surface area (Å²) in [6.07, 6.45) is -0.552. The number of methoxy groups -OCH3 is 1. The second-order valence-corrected chi connectivity index (χ2v) is 7.22. The van der Waals surface area contributed by atoms with Crippen LogP contribution < -0.4 is 10.2 Å². The van der Waals surface area contributed by atoms with Crippen LogP contribution in [0, 0.1) is 0 Å². The minimum atomic E-state index is -0.552. The molecule has 8 heteroatoms. The molecule has 0 bridgehead atoms. The predicted octanol–water partition coefficient (Wildman–Crippen LogP) is 3.73. The number of H-pyrrole nitrogens is 1. The lowest BCUT2D eigenvalue weighted by atomic mass is 10.2. The van der Waals surface area contributed by atoms with Gasteiger partial charge in [0.05, 0.1) is 31.4 Å². The number of benzene rings is 2. The monoisotopic (exact) mass is 384 g/mol. The zero-order valence-electron chi connectivity index (χ0n) is 14.9. The number of carbonyl (C=O) groups excluding carboxylic acids is 1. The number of carbonyl (C=O) groups is 1. The van der Waals surface area contributed by atoms with Crippen molar-refractivity contribution in [2.24, 2.45) is 0 Å². The summed E-state index contributed by atoms with van der Waals surface area (Å²) in [5.74, 6) is 0.369. The fourth-order valence-corrected chi connectivity index (χ4v) is 3.80. The second-order valence-electron chi connectivity index (χ2n) is 6.08. The van der Waals surface area contributed by atoms with E-state index in [1.54, 1.807) is 11.8 Å². The minimum absolute atomic E-state index is 0.369. The first-order valence-electron chi connectivity index (χ1n) is 8.66. The summed E-state index contributed by atoms with van der Waals surface area (Å²) in [7, 11) is 1.32. The first kappa shape index (κ1) is 17.7. The first-order valence-corrected chi connectivity index (χ1v) is 9.48. The third-order valence-corrected chi connectivity index (χ3v) is 5.31. The van der Waals surface area contributed by atoms with E-state index in [2.05, 4.69) is 49.2 Å². The Bertz CT molecular complexity index is 936. The maximum atomic E-state index is 11.3. The lowest BCUT2D eigenvalue weighted by Crippen LogP contribution is -2.36. The molecule has 2 heterocycles. The van der Waals surface area contributed by atoms with Gasteiger partial charge in [-0.05, 0) is 42.5 Å². The van der Waals surface area contributed by atoms with Crippen LogP contribution in [0.4, 0.5) is 16.4 Å². The SMILES string of the molecule is COC(=O)Nc1nc2ccc(Sc3ccc(N4CCOCC4)cc3)cc2[nH]1. The van der Waals surface area contributed by atoms with E-state index in [-0.39, 0.29) is 0 Å². The van der Waals surface area contributed by atoms with Gasteiger partial charge < -0.3 is 19.4 Å². The minimum Gasteiger partial charge on any atom is -0.453 e. The molecular weight excluding hydrogens is 364 g/mol. The molecule has 0 aliphatic carbocycles. The van der Waals surface area contributed by atoms with Crippen molar-refractivity contribution in [1.29, 1.82) is 0 Å². The number of morpholine rings is 1. The fraction of sp³-hybridized carbons (Fsp3) is 0.263. The molecule has 2 aromatic carbocycles. The standard InChI is InChI=1S/C19H20N4O3S/c1-25-19(24)22-18-20-16-7-6-15(12-17(16)21-18)27-14-4-2-13(3-5-14)23-8-10-26-11-9-23/h2-7,12H,8-11H2,1H3,(H2,20,21,22,24). The van der Waals surface area contributed by atoms with Gasteiger partial charge in [-0.1, -0.05) is 11.8 Å². The number of amides is 1. The van der Waals surface area contributed by atoms with E-state index in [9.17, 15) is 4.79 Å². The Morgan fingerprint density at radius 3 is 2.67 bits per heavy atom. The Labute approximate surface area is 161 Å². The van der Waals surface area contributed by atoms with E-state index in [1.165, 1.54) is 17.7 Å². The van der Waals surface area contributed by atoms with Gasteiger partial charge in [-0.2, -0.15) is 0 Å². The quantitative estimate of drug-likeness (QED) is 0.714. The molecule has 1 aromatic heterocycles. The first-order chi connectivity index (χ1) is 13.2. The molecule has 0 saturated carbocycles. The number of fused-ring (bicyclic) bond motifs is 1. The number of aromatic amines is 1. The van der Waals surface area contributed by atoms with Gasteiger partial charge in [-0.25, -0.2) is 9.78 Å². The fourth-order valence-electron chi connectivity index (χ4n) is 2.94. The highest BCUT2D eigenvalue weighted by Gasteiger charge is 2.11. The molecule has 1 fully saturated rings. The largest absolute Gasteiger partial charge is 0.453 e. The highest BCUT2D eigenvalue weighted by Crippen LogP contribution is 2.31. The molecule has 0 unspecified atom stereocenters. The Morgan fingerprint density at radius 1 is 1.19 bits per heavy atom. The molecule has 0 radical (unpaired) electrons. The summed E-state index contributed by atoms with van der Waals surface area (Å²) in [5.41, 5.74) is 2.87. The molecule has 2 N–H and O–H groups in total. The molecule has 1 saturated heterocycles. The van der Waals surface area contributed by atoms with Gasteiger partial charge >= 0.3 is 6.09 Å². The third-order valence-electron chi connectivity index (χ3n) is 4.31. The zero-order chi connectivity index (χ0) is 18.6. The molecule has 7 nitrogen and oxygen atoms in total. The molecule has 140 valence electrons. The van der Waals surface area contributed by atoms with E-state index in [1.807, 2.05) is 18.2 Å². The number of ether oxygens (including phenoxy) is 2. The van der Waals surface area contributed by atoms with Crippen LogP contribution in [0.1, 0.15) is 0 Å². The number of aromatic nitrogens is 2. The van der Waals surface area contributed by atoms with Crippen molar-refractivity contribution in [1.82, 2.24) is 9.97 Å². The van der Waals surface area contributed by atoms with E-state index >= 15 is 0 Å².